The van der Waals surface area contributed by atoms with E-state index in [1.54, 1.807) is 6.07 Å². The SMILES string of the molecule is O=C(Cc1cc(Cl)c2c(c1)OCCCO2)NCC1CCCO1. The number of carbonyl (C=O) groups is 1. The Morgan fingerprint density at radius 3 is 2.91 bits per heavy atom. The van der Waals surface area contributed by atoms with Crippen LogP contribution in [0.5, 0.6) is 11.5 Å². The van der Waals surface area contributed by atoms with Gasteiger partial charge in [-0.3, -0.25) is 4.79 Å². The minimum atomic E-state index is -0.0407. The Morgan fingerprint density at radius 2 is 2.09 bits per heavy atom. The molecule has 1 amide bonds. The van der Waals surface area contributed by atoms with Crippen LogP contribution in [0.2, 0.25) is 5.02 Å². The molecule has 120 valence electrons. The zero-order chi connectivity index (χ0) is 15.4. The monoisotopic (exact) mass is 325 g/mol. The van der Waals surface area contributed by atoms with Gasteiger partial charge in [0.25, 0.3) is 0 Å². The van der Waals surface area contributed by atoms with Gasteiger partial charge in [0, 0.05) is 19.6 Å². The van der Waals surface area contributed by atoms with Gasteiger partial charge in [-0.05, 0) is 30.5 Å². The van der Waals surface area contributed by atoms with Crippen LogP contribution in [0.1, 0.15) is 24.8 Å². The van der Waals surface area contributed by atoms with Gasteiger partial charge >= 0.3 is 0 Å². The highest BCUT2D eigenvalue weighted by Crippen LogP contribution is 2.38. The van der Waals surface area contributed by atoms with Gasteiger partial charge in [0.1, 0.15) is 0 Å². The molecule has 0 aliphatic carbocycles. The summed E-state index contributed by atoms with van der Waals surface area (Å²) in [6.07, 6.45) is 3.32. The molecule has 1 atom stereocenters. The molecule has 0 aromatic heterocycles. The van der Waals surface area contributed by atoms with Crippen molar-refractivity contribution in [2.45, 2.75) is 31.8 Å². The van der Waals surface area contributed by atoms with Crippen molar-refractivity contribution in [1.82, 2.24) is 5.32 Å². The first-order chi connectivity index (χ1) is 10.7. The van der Waals surface area contributed by atoms with Gasteiger partial charge in [-0.25, -0.2) is 0 Å². The number of carbonyl (C=O) groups excluding carboxylic acids is 1. The summed E-state index contributed by atoms with van der Waals surface area (Å²) >= 11 is 6.23. The second-order valence-electron chi connectivity index (χ2n) is 5.57. The van der Waals surface area contributed by atoms with Crippen LogP contribution in [-0.4, -0.2) is 38.4 Å². The molecule has 1 aromatic rings. The van der Waals surface area contributed by atoms with E-state index < -0.39 is 0 Å². The Kier molecular flexibility index (Phi) is 5.05. The minimum Gasteiger partial charge on any atom is -0.489 e. The number of rotatable bonds is 4. The lowest BCUT2D eigenvalue weighted by atomic mass is 10.1. The molecule has 3 rings (SSSR count). The lowest BCUT2D eigenvalue weighted by Gasteiger charge is -2.13. The maximum absolute atomic E-state index is 12.0. The van der Waals surface area contributed by atoms with Crippen LogP contribution in [0.4, 0.5) is 0 Å². The van der Waals surface area contributed by atoms with Crippen molar-refractivity contribution in [1.29, 1.82) is 0 Å². The Hall–Kier alpha value is -1.46. The summed E-state index contributed by atoms with van der Waals surface area (Å²) in [6.45, 7) is 2.54. The number of benzene rings is 1. The number of fused-ring (bicyclic) bond motifs is 1. The molecule has 1 fully saturated rings. The van der Waals surface area contributed by atoms with Crippen LogP contribution in [-0.2, 0) is 16.0 Å². The van der Waals surface area contributed by atoms with E-state index in [4.69, 9.17) is 25.8 Å². The zero-order valence-electron chi connectivity index (χ0n) is 12.4. The molecule has 1 unspecified atom stereocenters. The van der Waals surface area contributed by atoms with Crippen molar-refractivity contribution in [2.24, 2.45) is 0 Å². The van der Waals surface area contributed by atoms with Gasteiger partial charge < -0.3 is 19.5 Å². The first-order valence-corrected chi connectivity index (χ1v) is 8.06. The third kappa shape index (κ3) is 3.84. The number of hydrogen-bond donors (Lipinski definition) is 1. The molecule has 1 N–H and O–H groups in total. The van der Waals surface area contributed by atoms with E-state index in [9.17, 15) is 4.79 Å². The molecule has 2 aliphatic heterocycles. The van der Waals surface area contributed by atoms with E-state index in [-0.39, 0.29) is 18.4 Å². The molecule has 0 bridgehead atoms. The number of halogens is 1. The first-order valence-electron chi connectivity index (χ1n) is 7.68. The van der Waals surface area contributed by atoms with Crippen LogP contribution in [0.3, 0.4) is 0 Å². The third-order valence-corrected chi connectivity index (χ3v) is 4.06. The fraction of sp³-hybridized carbons (Fsp3) is 0.562. The van der Waals surface area contributed by atoms with Crippen molar-refractivity contribution in [3.8, 4) is 11.5 Å². The molecule has 22 heavy (non-hydrogen) atoms. The number of ether oxygens (including phenoxy) is 3. The average Bonchev–Trinajstić information content (AvgIpc) is 2.89. The predicted octanol–water partition coefficient (Wildman–Crippen LogP) is 2.34. The highest BCUT2D eigenvalue weighted by molar-refractivity contribution is 6.32. The standard InChI is InChI=1S/C16H20ClNO4/c17-13-7-11(8-14-16(13)22-6-2-5-21-14)9-15(19)18-10-12-3-1-4-20-12/h7-8,12H,1-6,9-10H2,(H,18,19). The van der Waals surface area contributed by atoms with E-state index in [1.165, 1.54) is 0 Å². The Labute approximate surface area is 134 Å². The Morgan fingerprint density at radius 1 is 1.23 bits per heavy atom. The molecule has 2 aliphatic rings. The summed E-state index contributed by atoms with van der Waals surface area (Å²) in [7, 11) is 0. The maximum atomic E-state index is 12.0. The van der Waals surface area contributed by atoms with E-state index in [0.717, 1.165) is 31.4 Å². The van der Waals surface area contributed by atoms with Crippen LogP contribution in [0.15, 0.2) is 12.1 Å². The van der Waals surface area contributed by atoms with Crippen molar-refractivity contribution in [2.75, 3.05) is 26.4 Å². The molecule has 1 saturated heterocycles. The van der Waals surface area contributed by atoms with Gasteiger partial charge in [0.05, 0.1) is 30.8 Å². The second kappa shape index (κ2) is 7.20. The van der Waals surface area contributed by atoms with Crippen LogP contribution in [0.25, 0.3) is 0 Å². The lowest BCUT2D eigenvalue weighted by Crippen LogP contribution is -2.32. The Balaban J connectivity index is 1.60. The Bertz CT molecular complexity index is 543. The topological polar surface area (TPSA) is 56.8 Å². The van der Waals surface area contributed by atoms with Crippen molar-refractivity contribution >= 4 is 17.5 Å². The first kappa shape index (κ1) is 15.4. The van der Waals surface area contributed by atoms with Crippen molar-refractivity contribution in [3.63, 3.8) is 0 Å². The van der Waals surface area contributed by atoms with Crippen LogP contribution in [0, 0.1) is 0 Å². The fourth-order valence-corrected chi connectivity index (χ4v) is 2.95. The van der Waals surface area contributed by atoms with Crippen molar-refractivity contribution < 1.29 is 19.0 Å². The zero-order valence-corrected chi connectivity index (χ0v) is 13.2. The molecule has 1 aromatic carbocycles. The summed E-state index contributed by atoms with van der Waals surface area (Å²) in [5.74, 6) is 1.15. The third-order valence-electron chi connectivity index (χ3n) is 3.78. The van der Waals surface area contributed by atoms with Gasteiger partial charge in [-0.2, -0.15) is 0 Å². The summed E-state index contributed by atoms with van der Waals surface area (Å²) < 4.78 is 16.7. The number of amides is 1. The molecular formula is C16H20ClNO4. The lowest BCUT2D eigenvalue weighted by molar-refractivity contribution is -0.120. The van der Waals surface area contributed by atoms with Crippen LogP contribution >= 0.6 is 11.6 Å². The largest absolute Gasteiger partial charge is 0.489 e. The van der Waals surface area contributed by atoms with Crippen molar-refractivity contribution in [3.05, 3.63) is 22.7 Å². The van der Waals surface area contributed by atoms with Gasteiger partial charge in [-0.1, -0.05) is 11.6 Å². The average molecular weight is 326 g/mol. The molecule has 6 heteroatoms. The molecule has 0 spiro atoms. The van der Waals surface area contributed by atoms with Gasteiger partial charge in [0.15, 0.2) is 11.5 Å². The fourth-order valence-electron chi connectivity index (χ4n) is 2.67. The molecule has 2 heterocycles. The predicted molar refractivity (Wildman–Crippen MR) is 82.7 cm³/mol. The van der Waals surface area contributed by atoms with E-state index >= 15 is 0 Å². The summed E-state index contributed by atoms with van der Waals surface area (Å²) in [5.41, 5.74) is 0.819. The molecule has 5 nitrogen and oxygen atoms in total. The highest BCUT2D eigenvalue weighted by atomic mass is 35.5. The van der Waals surface area contributed by atoms with E-state index in [2.05, 4.69) is 5.32 Å². The molecular weight excluding hydrogens is 306 g/mol. The van der Waals surface area contributed by atoms with Gasteiger partial charge in [-0.15, -0.1) is 0 Å². The molecule has 0 saturated carbocycles. The number of nitrogens with one attached hydrogen (secondary N) is 1. The smallest absolute Gasteiger partial charge is 0.224 e. The molecule has 0 radical (unpaired) electrons. The number of hydrogen-bond acceptors (Lipinski definition) is 4. The van der Waals surface area contributed by atoms with Crippen LogP contribution < -0.4 is 14.8 Å². The quantitative estimate of drug-likeness (QED) is 0.923. The van der Waals surface area contributed by atoms with E-state index in [0.29, 0.717) is 36.3 Å². The van der Waals surface area contributed by atoms with Gasteiger partial charge in [0.2, 0.25) is 5.91 Å². The highest BCUT2D eigenvalue weighted by Gasteiger charge is 2.18. The normalized spacial score (nSPS) is 20.5. The second-order valence-corrected chi connectivity index (χ2v) is 5.98. The summed E-state index contributed by atoms with van der Waals surface area (Å²) in [5, 5.41) is 3.39. The summed E-state index contributed by atoms with van der Waals surface area (Å²) in [4.78, 5) is 12.0. The minimum absolute atomic E-state index is 0.0407. The summed E-state index contributed by atoms with van der Waals surface area (Å²) in [6, 6.07) is 3.60. The van der Waals surface area contributed by atoms with E-state index in [1.807, 2.05) is 6.07 Å². The maximum Gasteiger partial charge on any atom is 0.224 e.